The van der Waals surface area contributed by atoms with E-state index in [1.165, 1.54) is 12.1 Å². The zero-order valence-electron chi connectivity index (χ0n) is 8.63. The fraction of sp³-hybridized carbons (Fsp3) is 0.300. The molecule has 0 saturated heterocycles. The number of aliphatic hydroxyl groups excluding tert-OH is 1. The van der Waals surface area contributed by atoms with Gasteiger partial charge in [0.1, 0.15) is 0 Å². The first-order valence-electron chi connectivity index (χ1n) is 4.62. The van der Waals surface area contributed by atoms with E-state index in [4.69, 9.17) is 34.0 Å². The summed E-state index contributed by atoms with van der Waals surface area (Å²) in [5.74, 6) is -0.355. The molecule has 4 nitrogen and oxygen atoms in total. The van der Waals surface area contributed by atoms with Crippen molar-refractivity contribution in [3.8, 4) is 0 Å². The van der Waals surface area contributed by atoms with Crippen LogP contribution < -0.4 is 11.1 Å². The predicted octanol–water partition coefficient (Wildman–Crippen LogP) is 1.69. The summed E-state index contributed by atoms with van der Waals surface area (Å²) in [6.07, 6.45) is -0.607. The smallest absolute Gasteiger partial charge is 0.251 e. The van der Waals surface area contributed by atoms with Crippen LogP contribution in [-0.4, -0.2) is 23.7 Å². The molecule has 0 spiro atoms. The highest BCUT2D eigenvalue weighted by Gasteiger charge is 2.11. The highest BCUT2D eigenvalue weighted by Crippen LogP contribution is 2.29. The standard InChI is InChI=1S/C10H12Cl2N2O2/c1-5(15)4-14-10(16)6-2-7(11)9(12)8(13)3-6/h2-3,5,15H,4,13H2,1H3,(H,14,16)/t5-/m0/s1. The average Bonchev–Trinajstić information content (AvgIpc) is 2.21. The predicted molar refractivity (Wildman–Crippen MR) is 64.9 cm³/mol. The van der Waals surface area contributed by atoms with Crippen molar-refractivity contribution in [1.82, 2.24) is 5.32 Å². The lowest BCUT2D eigenvalue weighted by Crippen LogP contribution is -2.30. The number of halogens is 2. The number of nitrogens with one attached hydrogen (secondary N) is 1. The van der Waals surface area contributed by atoms with E-state index < -0.39 is 6.10 Å². The molecule has 0 saturated carbocycles. The van der Waals surface area contributed by atoms with E-state index in [1.807, 2.05) is 0 Å². The lowest BCUT2D eigenvalue weighted by molar-refractivity contribution is 0.0924. The molecule has 88 valence electrons. The Morgan fingerprint density at radius 3 is 2.69 bits per heavy atom. The summed E-state index contributed by atoms with van der Waals surface area (Å²) in [4.78, 5) is 11.6. The van der Waals surface area contributed by atoms with Crippen LogP contribution in [0.15, 0.2) is 12.1 Å². The maximum absolute atomic E-state index is 11.6. The van der Waals surface area contributed by atoms with Crippen LogP contribution in [0.2, 0.25) is 10.0 Å². The molecular weight excluding hydrogens is 251 g/mol. The summed E-state index contributed by atoms with van der Waals surface area (Å²) >= 11 is 11.5. The molecule has 1 rings (SSSR count). The number of nitrogens with two attached hydrogens (primary N) is 1. The monoisotopic (exact) mass is 262 g/mol. The molecule has 1 aromatic rings. The van der Waals surface area contributed by atoms with Gasteiger partial charge >= 0.3 is 0 Å². The number of nitrogen functional groups attached to an aromatic ring is 1. The number of hydrogen-bond acceptors (Lipinski definition) is 3. The number of rotatable bonds is 3. The Labute approximate surface area is 103 Å². The molecule has 0 unspecified atom stereocenters. The van der Waals surface area contributed by atoms with E-state index in [0.717, 1.165) is 0 Å². The molecule has 0 bridgehead atoms. The van der Waals surface area contributed by atoms with E-state index in [0.29, 0.717) is 5.56 Å². The van der Waals surface area contributed by atoms with Gasteiger partial charge < -0.3 is 16.2 Å². The Hall–Kier alpha value is -0.970. The average molecular weight is 263 g/mol. The fourth-order valence-corrected chi connectivity index (χ4v) is 1.42. The highest BCUT2D eigenvalue weighted by molar-refractivity contribution is 6.43. The van der Waals surface area contributed by atoms with Crippen molar-refractivity contribution in [3.05, 3.63) is 27.7 Å². The van der Waals surface area contributed by atoms with Crippen molar-refractivity contribution in [1.29, 1.82) is 0 Å². The van der Waals surface area contributed by atoms with Crippen LogP contribution in [0.1, 0.15) is 17.3 Å². The minimum atomic E-state index is -0.607. The number of anilines is 1. The van der Waals surface area contributed by atoms with Crippen LogP contribution in [0, 0.1) is 0 Å². The van der Waals surface area contributed by atoms with Gasteiger partial charge in [-0.3, -0.25) is 4.79 Å². The molecule has 1 amide bonds. The van der Waals surface area contributed by atoms with Gasteiger partial charge in [0.05, 0.1) is 21.8 Å². The van der Waals surface area contributed by atoms with Crippen molar-refractivity contribution in [3.63, 3.8) is 0 Å². The second-order valence-corrected chi connectivity index (χ2v) is 4.21. The Morgan fingerprint density at radius 1 is 1.56 bits per heavy atom. The van der Waals surface area contributed by atoms with E-state index in [1.54, 1.807) is 6.92 Å². The molecule has 0 aliphatic rings. The maximum Gasteiger partial charge on any atom is 0.251 e. The van der Waals surface area contributed by atoms with Crippen molar-refractivity contribution >= 4 is 34.8 Å². The number of aliphatic hydroxyl groups is 1. The third kappa shape index (κ3) is 3.27. The summed E-state index contributed by atoms with van der Waals surface area (Å²) in [5, 5.41) is 12.0. The van der Waals surface area contributed by atoms with Gasteiger partial charge in [-0.15, -0.1) is 0 Å². The van der Waals surface area contributed by atoms with Gasteiger partial charge in [-0.05, 0) is 19.1 Å². The van der Waals surface area contributed by atoms with Crippen molar-refractivity contribution in [2.45, 2.75) is 13.0 Å². The quantitative estimate of drug-likeness (QED) is 0.726. The number of amides is 1. The van der Waals surface area contributed by atoms with Crippen LogP contribution in [0.25, 0.3) is 0 Å². The topological polar surface area (TPSA) is 75.3 Å². The summed E-state index contributed by atoms with van der Waals surface area (Å²) in [6.45, 7) is 1.74. The van der Waals surface area contributed by atoms with Gasteiger partial charge in [-0.1, -0.05) is 23.2 Å². The Morgan fingerprint density at radius 2 is 2.19 bits per heavy atom. The lowest BCUT2D eigenvalue weighted by Gasteiger charge is -2.09. The van der Waals surface area contributed by atoms with Gasteiger partial charge in [-0.25, -0.2) is 0 Å². The minimum Gasteiger partial charge on any atom is -0.397 e. The minimum absolute atomic E-state index is 0.166. The number of hydrogen-bond donors (Lipinski definition) is 3. The molecule has 1 atom stereocenters. The second-order valence-electron chi connectivity index (χ2n) is 3.42. The number of carbonyl (C=O) groups excluding carboxylic acids is 1. The number of benzene rings is 1. The molecular formula is C10H12Cl2N2O2. The molecule has 4 N–H and O–H groups in total. The second kappa shape index (κ2) is 5.39. The van der Waals surface area contributed by atoms with Gasteiger partial charge in [0, 0.05) is 12.1 Å². The van der Waals surface area contributed by atoms with Crippen molar-refractivity contribution < 1.29 is 9.90 Å². The molecule has 0 aliphatic carbocycles. The number of carbonyl (C=O) groups is 1. The van der Waals surface area contributed by atoms with Gasteiger partial charge in [0.2, 0.25) is 0 Å². The van der Waals surface area contributed by atoms with Gasteiger partial charge in [0.15, 0.2) is 0 Å². The molecule has 6 heteroatoms. The van der Waals surface area contributed by atoms with Crippen LogP contribution in [0.4, 0.5) is 5.69 Å². The first-order valence-corrected chi connectivity index (χ1v) is 5.38. The van der Waals surface area contributed by atoms with Crippen LogP contribution in [0.3, 0.4) is 0 Å². The normalized spacial score (nSPS) is 12.2. The Bertz CT molecular complexity index is 385. The highest BCUT2D eigenvalue weighted by atomic mass is 35.5. The summed E-state index contributed by atoms with van der Waals surface area (Å²) in [5.41, 5.74) is 6.13. The van der Waals surface area contributed by atoms with Crippen LogP contribution >= 0.6 is 23.2 Å². The third-order valence-electron chi connectivity index (χ3n) is 1.88. The van der Waals surface area contributed by atoms with E-state index >= 15 is 0 Å². The Kier molecular flexibility index (Phi) is 4.41. The first kappa shape index (κ1) is 13.1. The van der Waals surface area contributed by atoms with E-state index in [9.17, 15) is 4.79 Å². The first-order chi connectivity index (χ1) is 7.41. The van der Waals surface area contributed by atoms with Gasteiger partial charge in [0.25, 0.3) is 5.91 Å². The van der Waals surface area contributed by atoms with Crippen molar-refractivity contribution in [2.75, 3.05) is 12.3 Å². The van der Waals surface area contributed by atoms with E-state index in [2.05, 4.69) is 5.32 Å². The fourth-order valence-electron chi connectivity index (χ4n) is 1.08. The van der Waals surface area contributed by atoms with E-state index in [-0.39, 0.29) is 28.2 Å². The van der Waals surface area contributed by atoms with Crippen LogP contribution in [0.5, 0.6) is 0 Å². The largest absolute Gasteiger partial charge is 0.397 e. The van der Waals surface area contributed by atoms with Crippen molar-refractivity contribution in [2.24, 2.45) is 0 Å². The summed E-state index contributed by atoms with van der Waals surface area (Å²) in [7, 11) is 0. The summed E-state index contributed by atoms with van der Waals surface area (Å²) < 4.78 is 0. The molecule has 16 heavy (non-hydrogen) atoms. The van der Waals surface area contributed by atoms with Crippen LogP contribution in [-0.2, 0) is 0 Å². The van der Waals surface area contributed by atoms with Gasteiger partial charge in [-0.2, -0.15) is 0 Å². The Balaban J connectivity index is 2.84. The summed E-state index contributed by atoms with van der Waals surface area (Å²) in [6, 6.07) is 2.86. The zero-order valence-corrected chi connectivity index (χ0v) is 10.1. The maximum atomic E-state index is 11.6. The molecule has 1 aromatic carbocycles. The molecule has 0 radical (unpaired) electrons. The molecule has 0 aromatic heterocycles. The third-order valence-corrected chi connectivity index (χ3v) is 2.69. The molecule has 0 aliphatic heterocycles. The molecule has 0 heterocycles. The lowest BCUT2D eigenvalue weighted by atomic mass is 10.2. The molecule has 0 fully saturated rings. The SMILES string of the molecule is C[C@H](O)CNC(=O)c1cc(N)c(Cl)c(Cl)c1. The zero-order chi connectivity index (χ0) is 12.3.